The Morgan fingerprint density at radius 2 is 2.05 bits per heavy atom. The second-order valence-corrected chi connectivity index (χ2v) is 4.70. The fourth-order valence-corrected chi connectivity index (χ4v) is 2.05. The Hall–Kier alpha value is -2.40. The molecule has 1 aliphatic heterocycles. The summed E-state index contributed by atoms with van der Waals surface area (Å²) < 4.78 is 15.5. The van der Waals surface area contributed by atoms with Gasteiger partial charge in [-0.25, -0.2) is 9.78 Å². The van der Waals surface area contributed by atoms with Gasteiger partial charge >= 0.3 is 5.97 Å². The van der Waals surface area contributed by atoms with Crippen LogP contribution >= 0.6 is 0 Å². The number of methoxy groups -OCH3 is 1. The van der Waals surface area contributed by atoms with Crippen LogP contribution in [0.2, 0.25) is 0 Å². The van der Waals surface area contributed by atoms with Crippen LogP contribution in [-0.4, -0.2) is 24.2 Å². The van der Waals surface area contributed by atoms with E-state index in [1.807, 2.05) is 42.5 Å². The molecule has 0 aliphatic carbocycles. The van der Waals surface area contributed by atoms with Crippen molar-refractivity contribution >= 4 is 5.97 Å². The molecular weight excluding hydrogens is 270 g/mol. The number of carbonyl (C=O) groups is 1. The van der Waals surface area contributed by atoms with Crippen LogP contribution in [0, 0.1) is 0 Å². The predicted octanol–water partition coefficient (Wildman–Crippen LogP) is 2.27. The highest BCUT2D eigenvalue weighted by molar-refractivity contribution is 5.78. The molecule has 1 aliphatic rings. The molecule has 0 bridgehead atoms. The number of hydrogen-bond acceptors (Lipinski definition) is 5. The number of epoxide rings is 1. The monoisotopic (exact) mass is 285 g/mol. The fraction of sp³-hybridized carbons (Fsp3) is 0.250. The Labute approximate surface area is 122 Å². The lowest BCUT2D eigenvalue weighted by atomic mass is 10.1. The highest BCUT2D eigenvalue weighted by atomic mass is 16.6. The molecule has 3 rings (SSSR count). The van der Waals surface area contributed by atoms with Crippen LogP contribution in [0.25, 0.3) is 0 Å². The lowest BCUT2D eigenvalue weighted by Gasteiger charge is -2.05. The fourth-order valence-electron chi connectivity index (χ4n) is 2.05. The molecule has 21 heavy (non-hydrogen) atoms. The molecule has 2 aromatic rings. The third kappa shape index (κ3) is 3.20. The van der Waals surface area contributed by atoms with Gasteiger partial charge in [-0.15, -0.1) is 0 Å². The van der Waals surface area contributed by atoms with Gasteiger partial charge in [0, 0.05) is 12.3 Å². The number of hydrogen-bond donors (Lipinski definition) is 0. The van der Waals surface area contributed by atoms with E-state index in [1.54, 1.807) is 6.20 Å². The van der Waals surface area contributed by atoms with Crippen molar-refractivity contribution in [2.75, 3.05) is 7.11 Å². The van der Waals surface area contributed by atoms with Gasteiger partial charge in [0.25, 0.3) is 0 Å². The SMILES string of the molecule is COC(=O)[C@@H]1O[C@@H]1c1ccc(COc2ccccn2)cc1. The smallest absolute Gasteiger partial charge is 0.338 e. The molecule has 0 unspecified atom stereocenters. The average Bonchev–Trinajstić information content (AvgIpc) is 3.34. The van der Waals surface area contributed by atoms with Crippen molar-refractivity contribution < 1.29 is 19.0 Å². The van der Waals surface area contributed by atoms with Crippen LogP contribution in [0.1, 0.15) is 17.2 Å². The minimum atomic E-state index is -0.467. The standard InChI is InChI=1S/C16H15NO4/c1-19-16(18)15-14(21-15)12-7-5-11(6-8-12)10-20-13-4-2-3-9-17-13/h2-9,14-15H,10H2,1H3/t14-,15-/m1/s1. The number of carbonyl (C=O) groups excluding carboxylic acids is 1. The zero-order chi connectivity index (χ0) is 14.7. The molecule has 1 fully saturated rings. The molecular formula is C16H15NO4. The minimum Gasteiger partial charge on any atom is -0.473 e. The van der Waals surface area contributed by atoms with Gasteiger partial charge in [-0.3, -0.25) is 0 Å². The first-order valence-corrected chi connectivity index (χ1v) is 6.64. The lowest BCUT2D eigenvalue weighted by molar-refractivity contribution is -0.142. The van der Waals surface area contributed by atoms with E-state index in [2.05, 4.69) is 9.72 Å². The number of aromatic nitrogens is 1. The van der Waals surface area contributed by atoms with Gasteiger partial charge in [-0.05, 0) is 17.2 Å². The predicted molar refractivity (Wildman–Crippen MR) is 74.6 cm³/mol. The molecule has 0 saturated carbocycles. The van der Waals surface area contributed by atoms with Gasteiger partial charge in [0.2, 0.25) is 5.88 Å². The maximum atomic E-state index is 11.3. The summed E-state index contributed by atoms with van der Waals surface area (Å²) in [5.41, 5.74) is 1.99. The summed E-state index contributed by atoms with van der Waals surface area (Å²) in [6.07, 6.45) is 1.03. The number of esters is 1. The molecule has 108 valence electrons. The van der Waals surface area contributed by atoms with Crippen molar-refractivity contribution in [3.8, 4) is 5.88 Å². The van der Waals surface area contributed by atoms with Crippen LogP contribution in [0.4, 0.5) is 0 Å². The second-order valence-electron chi connectivity index (χ2n) is 4.70. The summed E-state index contributed by atoms with van der Waals surface area (Å²) in [6.45, 7) is 0.448. The summed E-state index contributed by atoms with van der Waals surface area (Å²) in [4.78, 5) is 15.4. The van der Waals surface area contributed by atoms with E-state index in [1.165, 1.54) is 7.11 Å². The van der Waals surface area contributed by atoms with Crippen LogP contribution in [0.15, 0.2) is 48.7 Å². The second kappa shape index (κ2) is 5.93. The average molecular weight is 285 g/mol. The van der Waals surface area contributed by atoms with E-state index in [4.69, 9.17) is 9.47 Å². The molecule has 0 amide bonds. The summed E-state index contributed by atoms with van der Waals surface area (Å²) in [7, 11) is 1.36. The first-order valence-electron chi connectivity index (χ1n) is 6.64. The van der Waals surface area contributed by atoms with Gasteiger partial charge < -0.3 is 14.2 Å². The number of benzene rings is 1. The highest BCUT2D eigenvalue weighted by Crippen LogP contribution is 2.39. The van der Waals surface area contributed by atoms with E-state index in [9.17, 15) is 4.79 Å². The molecule has 0 spiro atoms. The lowest BCUT2D eigenvalue weighted by Crippen LogP contribution is -2.09. The van der Waals surface area contributed by atoms with Crippen molar-refractivity contribution in [2.24, 2.45) is 0 Å². The van der Waals surface area contributed by atoms with Crippen molar-refractivity contribution in [1.82, 2.24) is 4.98 Å². The van der Waals surface area contributed by atoms with Crippen LogP contribution in [-0.2, 0) is 20.9 Å². The maximum absolute atomic E-state index is 11.3. The molecule has 2 atom stereocenters. The largest absolute Gasteiger partial charge is 0.473 e. The molecule has 1 aromatic carbocycles. The molecule has 2 heterocycles. The third-order valence-corrected chi connectivity index (χ3v) is 3.26. The number of pyridine rings is 1. The first kappa shape index (κ1) is 13.6. The number of ether oxygens (including phenoxy) is 3. The van der Waals surface area contributed by atoms with Gasteiger partial charge in [-0.2, -0.15) is 0 Å². The van der Waals surface area contributed by atoms with Crippen LogP contribution < -0.4 is 4.74 Å². The zero-order valence-electron chi connectivity index (χ0n) is 11.6. The van der Waals surface area contributed by atoms with E-state index in [0.29, 0.717) is 12.5 Å². The summed E-state index contributed by atoms with van der Waals surface area (Å²) in [6, 6.07) is 13.3. The molecule has 1 aromatic heterocycles. The van der Waals surface area contributed by atoms with Crippen LogP contribution in [0.3, 0.4) is 0 Å². The van der Waals surface area contributed by atoms with Gasteiger partial charge in [0.05, 0.1) is 7.11 Å². The Morgan fingerprint density at radius 3 is 2.71 bits per heavy atom. The zero-order valence-corrected chi connectivity index (χ0v) is 11.6. The Morgan fingerprint density at radius 1 is 1.24 bits per heavy atom. The van der Waals surface area contributed by atoms with E-state index in [-0.39, 0.29) is 12.1 Å². The Balaban J connectivity index is 1.57. The normalized spacial score (nSPS) is 19.9. The Bertz CT molecular complexity index is 612. The summed E-state index contributed by atoms with van der Waals surface area (Å²) >= 11 is 0. The van der Waals surface area contributed by atoms with Crippen molar-refractivity contribution in [3.63, 3.8) is 0 Å². The van der Waals surface area contributed by atoms with Crippen molar-refractivity contribution in [1.29, 1.82) is 0 Å². The maximum Gasteiger partial charge on any atom is 0.338 e. The van der Waals surface area contributed by atoms with Crippen molar-refractivity contribution in [3.05, 3.63) is 59.8 Å². The topological polar surface area (TPSA) is 61.0 Å². The van der Waals surface area contributed by atoms with E-state index in [0.717, 1.165) is 11.1 Å². The molecule has 0 N–H and O–H groups in total. The molecule has 0 radical (unpaired) electrons. The van der Waals surface area contributed by atoms with Crippen molar-refractivity contribution in [2.45, 2.75) is 18.8 Å². The van der Waals surface area contributed by atoms with Gasteiger partial charge in [-0.1, -0.05) is 30.3 Å². The number of rotatable bonds is 5. The van der Waals surface area contributed by atoms with Gasteiger partial charge in [0.1, 0.15) is 12.7 Å². The minimum absolute atomic E-state index is 0.191. The van der Waals surface area contributed by atoms with Gasteiger partial charge in [0.15, 0.2) is 6.10 Å². The number of nitrogens with zero attached hydrogens (tertiary/aromatic N) is 1. The first-order chi connectivity index (χ1) is 10.3. The molecule has 5 nitrogen and oxygen atoms in total. The Kier molecular flexibility index (Phi) is 3.83. The summed E-state index contributed by atoms with van der Waals surface area (Å²) in [5.74, 6) is 0.264. The van der Waals surface area contributed by atoms with E-state index < -0.39 is 6.10 Å². The highest BCUT2D eigenvalue weighted by Gasteiger charge is 2.47. The van der Waals surface area contributed by atoms with Crippen LogP contribution in [0.5, 0.6) is 5.88 Å². The molecule has 1 saturated heterocycles. The van der Waals surface area contributed by atoms with E-state index >= 15 is 0 Å². The third-order valence-electron chi connectivity index (χ3n) is 3.26. The summed E-state index contributed by atoms with van der Waals surface area (Å²) in [5, 5.41) is 0. The quantitative estimate of drug-likeness (QED) is 0.623. The molecule has 5 heteroatoms.